The van der Waals surface area contributed by atoms with Gasteiger partial charge in [0.05, 0.1) is 5.69 Å². The molecule has 0 atom stereocenters. The van der Waals surface area contributed by atoms with Crippen LogP contribution in [0.2, 0.25) is 5.02 Å². The SMILES string of the molecule is CCN1c2ccc(Cl)cc2C(c2ccccc2)=C(C(=O)Nc2ccc3c(c2)oc2ccccc23)S1(=O)=O. The normalized spacial score (nSPS) is 14.7. The minimum Gasteiger partial charge on any atom is -0.456 e. The van der Waals surface area contributed by atoms with Crippen molar-refractivity contribution in [3.05, 3.63) is 112 Å². The van der Waals surface area contributed by atoms with E-state index in [-0.39, 0.29) is 11.4 Å². The van der Waals surface area contributed by atoms with E-state index in [0.717, 1.165) is 16.4 Å². The van der Waals surface area contributed by atoms with Gasteiger partial charge in [0.1, 0.15) is 11.2 Å². The van der Waals surface area contributed by atoms with Crippen LogP contribution in [0.1, 0.15) is 18.1 Å². The van der Waals surface area contributed by atoms with E-state index in [1.807, 2.05) is 36.4 Å². The Morgan fingerprint density at radius 3 is 2.41 bits per heavy atom. The molecular formula is C29H21ClN2O4S. The maximum Gasteiger partial charge on any atom is 0.270 e. The monoisotopic (exact) mass is 528 g/mol. The summed E-state index contributed by atoms with van der Waals surface area (Å²) in [5.41, 5.74) is 3.71. The highest BCUT2D eigenvalue weighted by Crippen LogP contribution is 2.44. The summed E-state index contributed by atoms with van der Waals surface area (Å²) in [4.78, 5) is 13.5. The molecule has 1 aliphatic rings. The Morgan fingerprint density at radius 2 is 1.62 bits per heavy atom. The fourth-order valence-corrected chi connectivity index (χ4v) is 6.79. The van der Waals surface area contributed by atoms with Crippen molar-refractivity contribution < 1.29 is 17.6 Å². The molecule has 184 valence electrons. The number of rotatable bonds is 4. The molecular weight excluding hydrogens is 508 g/mol. The maximum absolute atomic E-state index is 13.9. The number of sulfonamides is 1. The molecule has 0 spiro atoms. The lowest BCUT2D eigenvalue weighted by Gasteiger charge is -2.33. The first kappa shape index (κ1) is 23.3. The van der Waals surface area contributed by atoms with Gasteiger partial charge in [-0.2, -0.15) is 0 Å². The lowest BCUT2D eigenvalue weighted by atomic mass is 9.95. The van der Waals surface area contributed by atoms with E-state index in [1.165, 1.54) is 4.31 Å². The molecule has 6 rings (SSSR count). The van der Waals surface area contributed by atoms with Crippen molar-refractivity contribution in [1.82, 2.24) is 0 Å². The Labute approximate surface area is 218 Å². The molecule has 4 aromatic carbocycles. The molecule has 0 aliphatic carbocycles. The molecule has 0 radical (unpaired) electrons. The summed E-state index contributed by atoms with van der Waals surface area (Å²) in [6.07, 6.45) is 0. The molecule has 0 saturated heterocycles. The molecule has 0 fully saturated rings. The largest absolute Gasteiger partial charge is 0.456 e. The third kappa shape index (κ3) is 3.79. The fourth-order valence-electron chi connectivity index (χ4n) is 4.87. The highest BCUT2D eigenvalue weighted by Gasteiger charge is 2.40. The van der Waals surface area contributed by atoms with Gasteiger partial charge in [0, 0.05) is 45.2 Å². The van der Waals surface area contributed by atoms with Gasteiger partial charge in [0.15, 0.2) is 4.91 Å². The van der Waals surface area contributed by atoms with E-state index < -0.39 is 15.9 Å². The summed E-state index contributed by atoms with van der Waals surface area (Å²) in [6.45, 7) is 1.88. The number of fused-ring (bicyclic) bond motifs is 4. The average molecular weight is 529 g/mol. The first-order valence-corrected chi connectivity index (χ1v) is 13.6. The number of halogens is 1. The Balaban J connectivity index is 1.53. The van der Waals surface area contributed by atoms with Gasteiger partial charge in [-0.05, 0) is 48.9 Å². The van der Waals surface area contributed by atoms with Gasteiger partial charge in [0.25, 0.3) is 15.9 Å². The Morgan fingerprint density at radius 1 is 0.892 bits per heavy atom. The quantitative estimate of drug-likeness (QED) is 0.278. The molecule has 1 N–H and O–H groups in total. The second kappa shape index (κ2) is 8.80. The molecule has 37 heavy (non-hydrogen) atoms. The standard InChI is InChI=1S/C29H21ClN2O4S/c1-2-32-24-15-12-19(30)16-23(24)27(18-8-4-3-5-9-18)28(37(32,34)35)29(33)31-20-13-14-22-21-10-6-7-11-25(21)36-26(22)17-20/h3-17H,2H2,1H3,(H,31,33). The second-order valence-corrected chi connectivity index (χ2v) is 10.9. The van der Waals surface area contributed by atoms with Gasteiger partial charge in [-0.1, -0.05) is 60.1 Å². The van der Waals surface area contributed by atoms with Gasteiger partial charge < -0.3 is 9.73 Å². The van der Waals surface area contributed by atoms with Crippen molar-refractivity contribution in [2.24, 2.45) is 0 Å². The fraction of sp³-hybridized carbons (Fsp3) is 0.0690. The van der Waals surface area contributed by atoms with Gasteiger partial charge >= 0.3 is 0 Å². The van der Waals surface area contributed by atoms with Crippen LogP contribution in [0.25, 0.3) is 27.5 Å². The molecule has 2 heterocycles. The molecule has 8 heteroatoms. The number of nitrogens with zero attached hydrogens (tertiary/aromatic N) is 1. The number of amides is 1. The van der Waals surface area contributed by atoms with E-state index in [2.05, 4.69) is 5.32 Å². The van der Waals surface area contributed by atoms with E-state index in [1.54, 1.807) is 61.5 Å². The van der Waals surface area contributed by atoms with E-state index in [9.17, 15) is 13.2 Å². The number of nitrogens with one attached hydrogen (secondary N) is 1. The van der Waals surface area contributed by atoms with Crippen LogP contribution in [0.3, 0.4) is 0 Å². The zero-order valence-corrected chi connectivity index (χ0v) is 21.3. The zero-order valence-electron chi connectivity index (χ0n) is 19.7. The van der Waals surface area contributed by atoms with Crippen LogP contribution in [0.5, 0.6) is 0 Å². The van der Waals surface area contributed by atoms with Crippen molar-refractivity contribution in [1.29, 1.82) is 0 Å². The molecule has 0 unspecified atom stereocenters. The van der Waals surface area contributed by atoms with Crippen molar-refractivity contribution in [2.45, 2.75) is 6.92 Å². The highest BCUT2D eigenvalue weighted by atomic mass is 35.5. The molecule has 5 aromatic rings. The number of anilines is 2. The van der Waals surface area contributed by atoms with E-state index in [4.69, 9.17) is 16.0 Å². The van der Waals surface area contributed by atoms with Crippen molar-refractivity contribution in [3.8, 4) is 0 Å². The lowest BCUT2D eigenvalue weighted by Crippen LogP contribution is -2.39. The zero-order chi connectivity index (χ0) is 25.7. The first-order chi connectivity index (χ1) is 17.9. The summed E-state index contributed by atoms with van der Waals surface area (Å²) in [5, 5.41) is 5.11. The summed E-state index contributed by atoms with van der Waals surface area (Å²) >= 11 is 6.34. The predicted octanol–water partition coefficient (Wildman–Crippen LogP) is 6.81. The van der Waals surface area contributed by atoms with Crippen LogP contribution in [0.4, 0.5) is 11.4 Å². The minimum atomic E-state index is -4.19. The topological polar surface area (TPSA) is 79.6 Å². The third-order valence-corrected chi connectivity index (χ3v) is 8.64. The summed E-state index contributed by atoms with van der Waals surface area (Å²) < 4.78 is 35.0. The average Bonchev–Trinajstić information content (AvgIpc) is 3.26. The predicted molar refractivity (Wildman–Crippen MR) is 148 cm³/mol. The smallest absolute Gasteiger partial charge is 0.270 e. The number of hydrogen-bond donors (Lipinski definition) is 1. The van der Waals surface area contributed by atoms with Crippen LogP contribution in [0, 0.1) is 0 Å². The number of carbonyl (C=O) groups is 1. The first-order valence-electron chi connectivity index (χ1n) is 11.7. The molecule has 1 aliphatic heterocycles. The summed E-state index contributed by atoms with van der Waals surface area (Å²) in [6, 6.07) is 27.0. The maximum atomic E-state index is 13.9. The minimum absolute atomic E-state index is 0.154. The molecule has 0 saturated carbocycles. The number of carbonyl (C=O) groups excluding carboxylic acids is 1. The van der Waals surface area contributed by atoms with Crippen LogP contribution in [-0.2, 0) is 14.8 Å². The number of hydrogen-bond acceptors (Lipinski definition) is 4. The van der Waals surface area contributed by atoms with E-state index >= 15 is 0 Å². The highest BCUT2D eigenvalue weighted by molar-refractivity contribution is 7.97. The van der Waals surface area contributed by atoms with E-state index in [0.29, 0.717) is 38.7 Å². The molecule has 0 bridgehead atoms. The van der Waals surface area contributed by atoms with Gasteiger partial charge in [-0.15, -0.1) is 0 Å². The van der Waals surface area contributed by atoms with Crippen molar-refractivity contribution in [3.63, 3.8) is 0 Å². The van der Waals surface area contributed by atoms with Crippen molar-refractivity contribution >= 4 is 66.4 Å². The third-order valence-electron chi connectivity index (χ3n) is 6.46. The molecule has 1 amide bonds. The number of para-hydroxylation sites is 1. The number of furan rings is 1. The summed E-state index contributed by atoms with van der Waals surface area (Å²) in [7, 11) is -4.19. The Bertz CT molecular complexity index is 1840. The number of benzene rings is 4. The van der Waals surface area contributed by atoms with Crippen LogP contribution < -0.4 is 9.62 Å². The molecule has 1 aromatic heterocycles. The molecule has 6 nitrogen and oxygen atoms in total. The van der Waals surface area contributed by atoms with Gasteiger partial charge in [-0.25, -0.2) is 8.42 Å². The van der Waals surface area contributed by atoms with Gasteiger partial charge in [0.2, 0.25) is 0 Å². The summed E-state index contributed by atoms with van der Waals surface area (Å²) in [5.74, 6) is -0.738. The Kier molecular flexibility index (Phi) is 5.55. The lowest BCUT2D eigenvalue weighted by molar-refractivity contribution is -0.112. The van der Waals surface area contributed by atoms with Gasteiger partial charge in [-0.3, -0.25) is 9.10 Å². The van der Waals surface area contributed by atoms with Crippen LogP contribution in [-0.4, -0.2) is 20.9 Å². The second-order valence-electron chi connectivity index (χ2n) is 8.66. The van der Waals surface area contributed by atoms with Crippen LogP contribution >= 0.6 is 11.6 Å². The Hall–Kier alpha value is -4.07. The van der Waals surface area contributed by atoms with Crippen LogP contribution in [0.15, 0.2) is 100 Å². The van der Waals surface area contributed by atoms with Crippen molar-refractivity contribution in [2.75, 3.05) is 16.2 Å².